The average molecular weight is 226 g/mol. The zero-order valence-corrected chi connectivity index (χ0v) is 10.9. The molecule has 0 heterocycles. The van der Waals surface area contributed by atoms with Gasteiger partial charge in [-0.2, -0.15) is 0 Å². The van der Waals surface area contributed by atoms with Crippen molar-refractivity contribution in [1.82, 2.24) is 4.90 Å². The van der Waals surface area contributed by atoms with Crippen molar-refractivity contribution in [3.05, 3.63) is 0 Å². The van der Waals surface area contributed by atoms with Gasteiger partial charge in [0.25, 0.3) is 0 Å². The molecule has 3 heteroatoms. The molecule has 0 spiro atoms. The highest BCUT2D eigenvalue weighted by atomic mass is 16.5. The molecule has 0 aliphatic heterocycles. The van der Waals surface area contributed by atoms with Crippen LogP contribution < -0.4 is 5.73 Å². The lowest BCUT2D eigenvalue weighted by molar-refractivity contribution is 0.00499. The predicted octanol–water partition coefficient (Wildman–Crippen LogP) is 1.47. The number of fused-ring (bicyclic) bond motifs is 2. The fraction of sp³-hybridized carbons (Fsp3) is 1.00. The molecule has 2 bridgehead atoms. The Balaban J connectivity index is 2.09. The SMILES string of the molecule is COCC(C)N(C)C1(CN)CC2CCC1C2. The first-order valence-electron chi connectivity index (χ1n) is 6.56. The summed E-state index contributed by atoms with van der Waals surface area (Å²) in [6, 6.07) is 0.466. The summed E-state index contributed by atoms with van der Waals surface area (Å²) in [6.07, 6.45) is 5.52. The second-order valence-electron chi connectivity index (χ2n) is 5.80. The van der Waals surface area contributed by atoms with Gasteiger partial charge < -0.3 is 10.5 Å². The van der Waals surface area contributed by atoms with Crippen LogP contribution in [0.3, 0.4) is 0 Å². The maximum atomic E-state index is 6.11. The van der Waals surface area contributed by atoms with Gasteiger partial charge in [0.15, 0.2) is 0 Å². The van der Waals surface area contributed by atoms with E-state index in [1.165, 1.54) is 25.7 Å². The minimum atomic E-state index is 0.265. The monoisotopic (exact) mass is 226 g/mol. The molecular formula is C13H26N2O. The summed E-state index contributed by atoms with van der Waals surface area (Å²) in [5, 5.41) is 0. The lowest BCUT2D eigenvalue weighted by Gasteiger charge is -2.47. The van der Waals surface area contributed by atoms with Crippen molar-refractivity contribution < 1.29 is 4.74 Å². The van der Waals surface area contributed by atoms with Crippen molar-refractivity contribution in [2.45, 2.75) is 44.2 Å². The minimum absolute atomic E-state index is 0.265. The quantitative estimate of drug-likeness (QED) is 0.771. The highest BCUT2D eigenvalue weighted by Gasteiger charge is 2.52. The number of hydrogen-bond acceptors (Lipinski definition) is 3. The number of ether oxygens (including phenoxy) is 1. The highest BCUT2D eigenvalue weighted by Crippen LogP contribution is 2.53. The third-order valence-corrected chi connectivity index (χ3v) is 5.07. The predicted molar refractivity (Wildman–Crippen MR) is 66.3 cm³/mol. The fourth-order valence-electron chi connectivity index (χ4n) is 4.03. The molecule has 2 rings (SSSR count). The number of nitrogens with zero attached hydrogens (tertiary/aromatic N) is 1. The van der Waals surface area contributed by atoms with Gasteiger partial charge >= 0.3 is 0 Å². The summed E-state index contributed by atoms with van der Waals surface area (Å²) in [7, 11) is 4.01. The van der Waals surface area contributed by atoms with Gasteiger partial charge in [0.2, 0.25) is 0 Å². The van der Waals surface area contributed by atoms with Crippen LogP contribution in [0.2, 0.25) is 0 Å². The number of methoxy groups -OCH3 is 1. The van der Waals surface area contributed by atoms with Crippen molar-refractivity contribution in [2.24, 2.45) is 17.6 Å². The van der Waals surface area contributed by atoms with Crippen molar-refractivity contribution in [3.63, 3.8) is 0 Å². The number of nitrogens with two attached hydrogens (primary N) is 1. The maximum absolute atomic E-state index is 6.11. The van der Waals surface area contributed by atoms with Crippen LogP contribution in [0.5, 0.6) is 0 Å². The molecule has 0 saturated heterocycles. The third kappa shape index (κ3) is 1.79. The third-order valence-electron chi connectivity index (χ3n) is 5.07. The first-order valence-corrected chi connectivity index (χ1v) is 6.56. The van der Waals surface area contributed by atoms with Crippen LogP contribution in [-0.4, -0.2) is 43.8 Å². The zero-order valence-electron chi connectivity index (χ0n) is 10.9. The van der Waals surface area contributed by atoms with E-state index in [1.807, 2.05) is 0 Å². The second kappa shape index (κ2) is 4.63. The molecule has 16 heavy (non-hydrogen) atoms. The Morgan fingerprint density at radius 1 is 1.50 bits per heavy atom. The van der Waals surface area contributed by atoms with E-state index >= 15 is 0 Å². The second-order valence-corrected chi connectivity index (χ2v) is 5.80. The van der Waals surface area contributed by atoms with Crippen LogP contribution in [-0.2, 0) is 4.74 Å². The Bertz CT molecular complexity index is 246. The molecule has 0 aromatic rings. The van der Waals surface area contributed by atoms with Crippen LogP contribution in [0.4, 0.5) is 0 Å². The van der Waals surface area contributed by atoms with E-state index in [2.05, 4.69) is 18.9 Å². The average Bonchev–Trinajstić information content (AvgIpc) is 2.88. The van der Waals surface area contributed by atoms with E-state index in [1.54, 1.807) is 7.11 Å². The molecule has 2 saturated carbocycles. The van der Waals surface area contributed by atoms with Crippen LogP contribution >= 0.6 is 0 Å². The molecule has 2 fully saturated rings. The van der Waals surface area contributed by atoms with Gasteiger partial charge in [0.1, 0.15) is 0 Å². The summed E-state index contributed by atoms with van der Waals surface area (Å²) in [5.74, 6) is 1.76. The molecule has 2 aliphatic carbocycles. The molecule has 4 unspecified atom stereocenters. The van der Waals surface area contributed by atoms with E-state index in [9.17, 15) is 0 Å². The van der Waals surface area contributed by atoms with Crippen LogP contribution in [0.1, 0.15) is 32.6 Å². The Kier molecular flexibility index (Phi) is 3.57. The molecule has 0 amide bonds. The summed E-state index contributed by atoms with van der Waals surface area (Å²) in [6.45, 7) is 3.85. The normalized spacial score (nSPS) is 39.6. The Hall–Kier alpha value is -0.120. The Morgan fingerprint density at radius 3 is 2.69 bits per heavy atom. The summed E-state index contributed by atoms with van der Waals surface area (Å²) in [5.41, 5.74) is 6.37. The van der Waals surface area contributed by atoms with Gasteiger partial charge in [0, 0.05) is 25.2 Å². The van der Waals surface area contributed by atoms with Gasteiger partial charge in [-0.15, -0.1) is 0 Å². The van der Waals surface area contributed by atoms with E-state index in [0.717, 1.165) is 25.0 Å². The Morgan fingerprint density at radius 2 is 2.25 bits per heavy atom. The number of likely N-dealkylation sites (N-methyl/N-ethyl adjacent to an activating group) is 1. The summed E-state index contributed by atoms with van der Waals surface area (Å²) >= 11 is 0. The molecule has 0 aromatic heterocycles. The van der Waals surface area contributed by atoms with Crippen molar-refractivity contribution >= 4 is 0 Å². The van der Waals surface area contributed by atoms with Gasteiger partial charge in [0.05, 0.1) is 6.61 Å². The smallest absolute Gasteiger partial charge is 0.0615 e. The van der Waals surface area contributed by atoms with Crippen LogP contribution in [0.25, 0.3) is 0 Å². The molecular weight excluding hydrogens is 200 g/mol. The van der Waals surface area contributed by atoms with E-state index in [0.29, 0.717) is 6.04 Å². The molecule has 2 N–H and O–H groups in total. The largest absolute Gasteiger partial charge is 0.383 e. The summed E-state index contributed by atoms with van der Waals surface area (Å²) < 4.78 is 5.27. The lowest BCUT2D eigenvalue weighted by atomic mass is 9.79. The number of rotatable bonds is 5. The maximum Gasteiger partial charge on any atom is 0.0615 e. The fourth-order valence-corrected chi connectivity index (χ4v) is 4.03. The highest BCUT2D eigenvalue weighted by molar-refractivity contribution is 5.08. The first kappa shape index (κ1) is 12.3. The van der Waals surface area contributed by atoms with Crippen molar-refractivity contribution in [3.8, 4) is 0 Å². The summed E-state index contributed by atoms with van der Waals surface area (Å²) in [4.78, 5) is 2.50. The van der Waals surface area contributed by atoms with Crippen LogP contribution in [0, 0.1) is 11.8 Å². The zero-order chi connectivity index (χ0) is 11.8. The van der Waals surface area contributed by atoms with E-state index in [-0.39, 0.29) is 5.54 Å². The molecule has 3 nitrogen and oxygen atoms in total. The first-order chi connectivity index (χ1) is 7.64. The van der Waals surface area contributed by atoms with Crippen molar-refractivity contribution in [1.29, 1.82) is 0 Å². The lowest BCUT2D eigenvalue weighted by Crippen LogP contribution is -2.59. The topological polar surface area (TPSA) is 38.5 Å². The van der Waals surface area contributed by atoms with Gasteiger partial charge in [-0.05, 0) is 45.1 Å². The molecule has 4 atom stereocenters. The van der Waals surface area contributed by atoms with E-state index in [4.69, 9.17) is 10.5 Å². The standard InChI is InChI=1S/C13H26N2O/c1-10(8-16-3)15(2)13(9-14)7-11-4-5-12(13)6-11/h10-12H,4-9,14H2,1-3H3. The molecule has 0 radical (unpaired) electrons. The van der Waals surface area contributed by atoms with Gasteiger partial charge in [-0.1, -0.05) is 6.42 Å². The molecule has 94 valence electrons. The van der Waals surface area contributed by atoms with Gasteiger partial charge in [-0.25, -0.2) is 0 Å². The van der Waals surface area contributed by atoms with Crippen LogP contribution in [0.15, 0.2) is 0 Å². The van der Waals surface area contributed by atoms with E-state index < -0.39 is 0 Å². The molecule has 2 aliphatic rings. The number of hydrogen-bond donors (Lipinski definition) is 1. The minimum Gasteiger partial charge on any atom is -0.383 e. The molecule has 0 aromatic carbocycles. The van der Waals surface area contributed by atoms with Gasteiger partial charge in [-0.3, -0.25) is 4.90 Å². The Labute approximate surface area is 99.3 Å². The van der Waals surface area contributed by atoms with Crippen molar-refractivity contribution in [2.75, 3.05) is 27.3 Å².